The zero-order valence-electron chi connectivity index (χ0n) is 14.1. The average Bonchev–Trinajstić information content (AvgIpc) is 3.25. The Labute approximate surface area is 142 Å². The molecule has 1 aromatic carbocycles. The summed E-state index contributed by atoms with van der Waals surface area (Å²) in [7, 11) is 1.63. The van der Waals surface area contributed by atoms with Gasteiger partial charge in [0.25, 0.3) is 0 Å². The summed E-state index contributed by atoms with van der Waals surface area (Å²) < 4.78 is 11.6. The van der Waals surface area contributed by atoms with Gasteiger partial charge in [-0.1, -0.05) is 12.1 Å². The largest absolute Gasteiger partial charge is 0.493 e. The lowest BCUT2D eigenvalue weighted by Gasteiger charge is -2.20. The second-order valence-corrected chi connectivity index (χ2v) is 6.54. The molecule has 0 unspecified atom stereocenters. The molecule has 2 fully saturated rings. The zero-order valence-corrected chi connectivity index (χ0v) is 14.1. The molecule has 3 rings (SSSR count). The van der Waals surface area contributed by atoms with E-state index in [2.05, 4.69) is 10.6 Å². The maximum absolute atomic E-state index is 12.2. The standard InChI is InChI=1S/C18H26N2O4/c1-23-16-8-4-5-12(17(16)24-14-6-2-3-7-14)10-20-18(22)15-9-13(21)11-19-15/h4-5,8,13-15,19,21H,2-3,6-7,9-11H2,1H3,(H,20,22)/t13-,15-/m1/s1. The number of carbonyl (C=O) groups excluding carboxylic acids is 1. The highest BCUT2D eigenvalue weighted by atomic mass is 16.5. The minimum absolute atomic E-state index is 0.0961. The first kappa shape index (κ1) is 17.0. The number of ether oxygens (including phenoxy) is 2. The summed E-state index contributed by atoms with van der Waals surface area (Å²) in [6, 6.07) is 5.40. The quantitative estimate of drug-likeness (QED) is 0.732. The first-order chi connectivity index (χ1) is 11.7. The molecule has 1 saturated carbocycles. The molecule has 1 amide bonds. The van der Waals surface area contributed by atoms with Crippen molar-refractivity contribution in [3.63, 3.8) is 0 Å². The Morgan fingerprint density at radius 2 is 2.17 bits per heavy atom. The number of aliphatic hydroxyl groups is 1. The van der Waals surface area contributed by atoms with E-state index in [1.54, 1.807) is 7.11 Å². The molecular formula is C18H26N2O4. The van der Waals surface area contributed by atoms with Crippen LogP contribution in [0.5, 0.6) is 11.5 Å². The van der Waals surface area contributed by atoms with Crippen molar-refractivity contribution in [2.45, 2.75) is 56.9 Å². The number of hydrogen-bond donors (Lipinski definition) is 3. The van der Waals surface area contributed by atoms with Gasteiger partial charge < -0.3 is 25.2 Å². The molecule has 0 spiro atoms. The van der Waals surface area contributed by atoms with E-state index < -0.39 is 6.10 Å². The third kappa shape index (κ3) is 3.99. The van der Waals surface area contributed by atoms with Crippen LogP contribution < -0.4 is 20.1 Å². The number of carbonyl (C=O) groups is 1. The molecule has 24 heavy (non-hydrogen) atoms. The Hall–Kier alpha value is -1.79. The lowest BCUT2D eigenvalue weighted by Crippen LogP contribution is -2.40. The summed E-state index contributed by atoms with van der Waals surface area (Å²) in [5, 5.41) is 15.5. The molecular weight excluding hydrogens is 308 g/mol. The van der Waals surface area contributed by atoms with Crippen LogP contribution in [0.4, 0.5) is 0 Å². The summed E-state index contributed by atoms with van der Waals surface area (Å²) >= 11 is 0. The monoisotopic (exact) mass is 334 g/mol. The van der Waals surface area contributed by atoms with Gasteiger partial charge >= 0.3 is 0 Å². The number of methoxy groups -OCH3 is 1. The van der Waals surface area contributed by atoms with Crippen molar-refractivity contribution in [3.05, 3.63) is 23.8 Å². The first-order valence-electron chi connectivity index (χ1n) is 8.69. The molecule has 132 valence electrons. The van der Waals surface area contributed by atoms with Crippen LogP contribution in [0.1, 0.15) is 37.7 Å². The molecule has 3 N–H and O–H groups in total. The van der Waals surface area contributed by atoms with Gasteiger partial charge in [0.15, 0.2) is 11.5 Å². The van der Waals surface area contributed by atoms with Crippen LogP contribution in [0.3, 0.4) is 0 Å². The fourth-order valence-corrected chi connectivity index (χ4v) is 3.39. The normalized spacial score (nSPS) is 24.1. The number of para-hydroxylation sites is 1. The van der Waals surface area contributed by atoms with E-state index in [0.29, 0.717) is 25.3 Å². The van der Waals surface area contributed by atoms with Crippen molar-refractivity contribution >= 4 is 5.91 Å². The molecule has 1 aliphatic heterocycles. The predicted molar refractivity (Wildman–Crippen MR) is 90.1 cm³/mol. The Bertz CT molecular complexity index is 572. The highest BCUT2D eigenvalue weighted by Crippen LogP contribution is 2.34. The van der Waals surface area contributed by atoms with Gasteiger partial charge in [-0.15, -0.1) is 0 Å². The maximum Gasteiger partial charge on any atom is 0.237 e. The van der Waals surface area contributed by atoms with E-state index in [1.165, 1.54) is 12.8 Å². The smallest absolute Gasteiger partial charge is 0.237 e. The SMILES string of the molecule is COc1cccc(CNC(=O)[C@H]2C[C@@H](O)CN2)c1OC1CCCC1. The van der Waals surface area contributed by atoms with Crippen molar-refractivity contribution in [2.75, 3.05) is 13.7 Å². The minimum atomic E-state index is -0.446. The zero-order chi connectivity index (χ0) is 16.9. The Morgan fingerprint density at radius 3 is 2.83 bits per heavy atom. The molecule has 2 aliphatic rings. The molecule has 1 saturated heterocycles. The molecule has 6 heteroatoms. The number of amides is 1. The third-order valence-electron chi connectivity index (χ3n) is 4.74. The second-order valence-electron chi connectivity index (χ2n) is 6.54. The highest BCUT2D eigenvalue weighted by Gasteiger charge is 2.28. The molecule has 1 aromatic rings. The summed E-state index contributed by atoms with van der Waals surface area (Å²) in [6.45, 7) is 0.847. The number of rotatable bonds is 6. The van der Waals surface area contributed by atoms with Gasteiger partial charge in [-0.2, -0.15) is 0 Å². The number of hydrogen-bond acceptors (Lipinski definition) is 5. The van der Waals surface area contributed by atoms with Gasteiger partial charge in [-0.25, -0.2) is 0 Å². The Morgan fingerprint density at radius 1 is 1.38 bits per heavy atom. The number of aliphatic hydroxyl groups excluding tert-OH is 1. The Balaban J connectivity index is 1.66. The summed E-state index contributed by atoms with van der Waals surface area (Å²) in [5.74, 6) is 1.33. The molecule has 0 bridgehead atoms. The van der Waals surface area contributed by atoms with Crippen molar-refractivity contribution < 1.29 is 19.4 Å². The van der Waals surface area contributed by atoms with Crippen LogP contribution in [0.15, 0.2) is 18.2 Å². The van der Waals surface area contributed by atoms with E-state index in [9.17, 15) is 9.90 Å². The van der Waals surface area contributed by atoms with E-state index in [-0.39, 0.29) is 18.1 Å². The van der Waals surface area contributed by atoms with Crippen molar-refractivity contribution in [1.82, 2.24) is 10.6 Å². The fourth-order valence-electron chi connectivity index (χ4n) is 3.39. The summed E-state index contributed by atoms with van der Waals surface area (Å²) in [5.41, 5.74) is 0.910. The third-order valence-corrected chi connectivity index (χ3v) is 4.74. The predicted octanol–water partition coefficient (Wildman–Crippen LogP) is 1.36. The fraction of sp³-hybridized carbons (Fsp3) is 0.611. The van der Waals surface area contributed by atoms with Crippen LogP contribution in [-0.4, -0.2) is 42.9 Å². The molecule has 1 aliphatic carbocycles. The van der Waals surface area contributed by atoms with Crippen LogP contribution in [0, 0.1) is 0 Å². The van der Waals surface area contributed by atoms with Gasteiger partial charge in [0.2, 0.25) is 5.91 Å². The Kier molecular flexibility index (Phi) is 5.58. The van der Waals surface area contributed by atoms with Crippen LogP contribution in [0.25, 0.3) is 0 Å². The molecule has 6 nitrogen and oxygen atoms in total. The maximum atomic E-state index is 12.2. The topological polar surface area (TPSA) is 79.8 Å². The van der Waals surface area contributed by atoms with Gasteiger partial charge in [0, 0.05) is 18.7 Å². The lowest BCUT2D eigenvalue weighted by molar-refractivity contribution is -0.123. The van der Waals surface area contributed by atoms with E-state index in [1.807, 2.05) is 18.2 Å². The van der Waals surface area contributed by atoms with Crippen LogP contribution >= 0.6 is 0 Å². The van der Waals surface area contributed by atoms with Gasteiger partial charge in [0.05, 0.1) is 25.4 Å². The minimum Gasteiger partial charge on any atom is -0.493 e. The molecule has 2 atom stereocenters. The van der Waals surface area contributed by atoms with E-state index in [0.717, 1.165) is 24.2 Å². The van der Waals surface area contributed by atoms with Gasteiger partial charge in [0.1, 0.15) is 0 Å². The summed E-state index contributed by atoms with van der Waals surface area (Å²) in [4.78, 5) is 12.2. The van der Waals surface area contributed by atoms with Crippen molar-refractivity contribution in [1.29, 1.82) is 0 Å². The van der Waals surface area contributed by atoms with Crippen molar-refractivity contribution in [3.8, 4) is 11.5 Å². The van der Waals surface area contributed by atoms with E-state index >= 15 is 0 Å². The molecule has 0 radical (unpaired) electrons. The summed E-state index contributed by atoms with van der Waals surface area (Å²) in [6.07, 6.45) is 4.75. The highest BCUT2D eigenvalue weighted by molar-refractivity contribution is 5.82. The van der Waals surface area contributed by atoms with Gasteiger partial charge in [-0.3, -0.25) is 4.79 Å². The van der Waals surface area contributed by atoms with E-state index in [4.69, 9.17) is 9.47 Å². The van der Waals surface area contributed by atoms with Crippen molar-refractivity contribution in [2.24, 2.45) is 0 Å². The van der Waals surface area contributed by atoms with Gasteiger partial charge in [-0.05, 0) is 38.2 Å². The lowest BCUT2D eigenvalue weighted by atomic mass is 10.1. The van der Waals surface area contributed by atoms with Crippen LogP contribution in [-0.2, 0) is 11.3 Å². The number of β-amino-alcohol motifs (C(OH)–C–C–N with tert-alkyl or cyclic N) is 1. The molecule has 1 heterocycles. The van der Waals surface area contributed by atoms with Crippen LogP contribution in [0.2, 0.25) is 0 Å². The average molecular weight is 334 g/mol. The number of nitrogens with one attached hydrogen (secondary N) is 2. The molecule has 0 aromatic heterocycles. The first-order valence-corrected chi connectivity index (χ1v) is 8.69. The number of benzene rings is 1. The second kappa shape index (κ2) is 7.85.